The van der Waals surface area contributed by atoms with Crippen LogP contribution in [-0.4, -0.2) is 35.7 Å². The van der Waals surface area contributed by atoms with Gasteiger partial charge < -0.3 is 14.7 Å². The predicted molar refractivity (Wildman–Crippen MR) is 70.8 cm³/mol. The van der Waals surface area contributed by atoms with E-state index in [1.54, 1.807) is 18.2 Å². The van der Waals surface area contributed by atoms with Gasteiger partial charge in [-0.1, -0.05) is 18.2 Å². The molecule has 110 valence electrons. The van der Waals surface area contributed by atoms with Crippen LogP contribution in [0.25, 0.3) is 0 Å². The van der Waals surface area contributed by atoms with Crippen LogP contribution in [0.2, 0.25) is 0 Å². The van der Waals surface area contributed by atoms with Crippen molar-refractivity contribution in [2.75, 3.05) is 7.05 Å². The Morgan fingerprint density at radius 3 is 2.45 bits per heavy atom. The molecule has 2 aliphatic heterocycles. The lowest BCUT2D eigenvalue weighted by molar-refractivity contribution is -0.0679. The normalized spacial score (nSPS) is 33.6. The molecule has 1 N–H and O–H groups in total. The minimum absolute atomic E-state index is 0.0916. The zero-order chi connectivity index (χ0) is 14.3. The van der Waals surface area contributed by atoms with E-state index in [0.717, 1.165) is 12.8 Å². The molecule has 5 heteroatoms. The molecule has 3 rings (SSSR count). The Bertz CT molecular complexity index is 481. The van der Waals surface area contributed by atoms with E-state index >= 15 is 0 Å². The number of rotatable bonds is 3. The molecular weight excluding hydrogens is 264 g/mol. The number of halogens is 2. The van der Waals surface area contributed by atoms with Gasteiger partial charge in [0, 0.05) is 17.6 Å². The molecule has 1 aromatic rings. The van der Waals surface area contributed by atoms with Gasteiger partial charge in [-0.2, -0.15) is 8.78 Å². The molecule has 0 saturated carbocycles. The number of fused-ring (bicyclic) bond motifs is 2. The molecule has 2 saturated heterocycles. The van der Waals surface area contributed by atoms with Crippen molar-refractivity contribution >= 4 is 0 Å². The summed E-state index contributed by atoms with van der Waals surface area (Å²) in [6, 6.07) is 7.24. The highest BCUT2D eigenvalue weighted by Gasteiger charge is 2.47. The second kappa shape index (κ2) is 4.97. The molecule has 1 aromatic carbocycles. The fourth-order valence-electron chi connectivity index (χ4n) is 3.71. The molecule has 0 radical (unpaired) electrons. The lowest BCUT2D eigenvalue weighted by Gasteiger charge is -2.42. The summed E-state index contributed by atoms with van der Waals surface area (Å²) in [4.78, 5) is 2.30. The van der Waals surface area contributed by atoms with Crippen molar-refractivity contribution < 1.29 is 18.6 Å². The second-order valence-corrected chi connectivity index (χ2v) is 5.86. The van der Waals surface area contributed by atoms with Crippen LogP contribution in [0.1, 0.15) is 31.2 Å². The van der Waals surface area contributed by atoms with Crippen LogP contribution in [0.3, 0.4) is 0 Å². The molecule has 0 amide bonds. The molecular formula is C15H19F2NO2. The highest BCUT2D eigenvalue weighted by atomic mass is 19.3. The van der Waals surface area contributed by atoms with Crippen molar-refractivity contribution in [2.24, 2.45) is 0 Å². The first kappa shape index (κ1) is 13.8. The van der Waals surface area contributed by atoms with Gasteiger partial charge in [-0.25, -0.2) is 0 Å². The average Bonchev–Trinajstić information content (AvgIpc) is 2.62. The predicted octanol–water partition coefficient (Wildman–Crippen LogP) is 2.73. The highest BCUT2D eigenvalue weighted by Crippen LogP contribution is 2.47. The molecule has 0 aliphatic carbocycles. The summed E-state index contributed by atoms with van der Waals surface area (Å²) >= 11 is 0. The number of hydrogen-bond donors (Lipinski definition) is 1. The summed E-state index contributed by atoms with van der Waals surface area (Å²) in [5, 5.41) is 11.0. The van der Waals surface area contributed by atoms with Gasteiger partial charge in [0.25, 0.3) is 0 Å². The third-order valence-electron chi connectivity index (χ3n) is 4.74. The minimum atomic E-state index is -2.87. The molecule has 2 bridgehead atoms. The van der Waals surface area contributed by atoms with Gasteiger partial charge >= 0.3 is 6.61 Å². The Balaban J connectivity index is 1.92. The van der Waals surface area contributed by atoms with Gasteiger partial charge in [-0.3, -0.25) is 0 Å². The Morgan fingerprint density at radius 2 is 1.85 bits per heavy atom. The van der Waals surface area contributed by atoms with Crippen molar-refractivity contribution in [3.05, 3.63) is 29.8 Å². The SMILES string of the molecule is CN1C2CCC1CC(O)(c1ccccc1OC(F)F)C2. The molecule has 20 heavy (non-hydrogen) atoms. The second-order valence-electron chi connectivity index (χ2n) is 5.86. The Morgan fingerprint density at radius 1 is 1.25 bits per heavy atom. The van der Waals surface area contributed by atoms with E-state index in [-0.39, 0.29) is 5.75 Å². The van der Waals surface area contributed by atoms with Gasteiger partial charge in [0.1, 0.15) is 5.75 Å². The Kier molecular flexibility index (Phi) is 3.42. The summed E-state index contributed by atoms with van der Waals surface area (Å²) in [6.07, 6.45) is 3.26. The van der Waals surface area contributed by atoms with Crippen LogP contribution in [0.15, 0.2) is 24.3 Å². The number of aliphatic hydroxyl groups is 1. The maximum absolute atomic E-state index is 12.5. The van der Waals surface area contributed by atoms with Gasteiger partial charge in [0.2, 0.25) is 0 Å². The number of para-hydroxylation sites is 1. The first-order valence-corrected chi connectivity index (χ1v) is 6.98. The summed E-state index contributed by atoms with van der Waals surface area (Å²) < 4.78 is 29.6. The van der Waals surface area contributed by atoms with Crippen molar-refractivity contribution in [2.45, 2.75) is 50.0 Å². The molecule has 0 spiro atoms. The first-order valence-electron chi connectivity index (χ1n) is 6.98. The lowest BCUT2D eigenvalue weighted by atomic mass is 9.80. The Labute approximate surface area is 117 Å². The Hall–Kier alpha value is -1.20. The van der Waals surface area contributed by atoms with E-state index in [4.69, 9.17) is 0 Å². The number of hydrogen-bond acceptors (Lipinski definition) is 3. The third kappa shape index (κ3) is 2.29. The molecule has 2 atom stereocenters. The van der Waals surface area contributed by atoms with E-state index in [9.17, 15) is 13.9 Å². The van der Waals surface area contributed by atoms with Crippen molar-refractivity contribution in [3.8, 4) is 5.75 Å². The quantitative estimate of drug-likeness (QED) is 0.926. The van der Waals surface area contributed by atoms with E-state index < -0.39 is 12.2 Å². The fourth-order valence-corrected chi connectivity index (χ4v) is 3.71. The highest BCUT2D eigenvalue weighted by molar-refractivity contribution is 5.39. The van der Waals surface area contributed by atoms with E-state index in [1.807, 2.05) is 0 Å². The number of benzene rings is 1. The van der Waals surface area contributed by atoms with E-state index in [1.165, 1.54) is 6.07 Å². The largest absolute Gasteiger partial charge is 0.434 e. The number of nitrogens with zero attached hydrogens (tertiary/aromatic N) is 1. The van der Waals surface area contributed by atoms with Crippen LogP contribution >= 0.6 is 0 Å². The maximum atomic E-state index is 12.5. The number of ether oxygens (including phenoxy) is 1. The molecule has 2 fully saturated rings. The average molecular weight is 283 g/mol. The zero-order valence-electron chi connectivity index (χ0n) is 11.4. The fraction of sp³-hybridized carbons (Fsp3) is 0.600. The summed E-state index contributed by atoms with van der Waals surface area (Å²) in [5.74, 6) is 0.0916. The minimum Gasteiger partial charge on any atom is -0.434 e. The lowest BCUT2D eigenvalue weighted by Crippen LogP contribution is -2.47. The molecule has 2 aliphatic rings. The van der Waals surface area contributed by atoms with E-state index in [0.29, 0.717) is 30.5 Å². The first-order chi connectivity index (χ1) is 9.49. The maximum Gasteiger partial charge on any atom is 0.387 e. The molecule has 0 aromatic heterocycles. The number of alkyl halides is 2. The molecule has 2 unspecified atom stereocenters. The summed E-state index contributed by atoms with van der Waals surface area (Å²) in [6.45, 7) is -2.87. The summed E-state index contributed by atoms with van der Waals surface area (Å²) in [7, 11) is 2.07. The topological polar surface area (TPSA) is 32.7 Å². The van der Waals surface area contributed by atoms with Crippen molar-refractivity contribution in [1.29, 1.82) is 0 Å². The van der Waals surface area contributed by atoms with Crippen molar-refractivity contribution in [3.63, 3.8) is 0 Å². The van der Waals surface area contributed by atoms with Gasteiger partial charge in [-0.05, 0) is 38.8 Å². The van der Waals surface area contributed by atoms with Crippen LogP contribution in [0, 0.1) is 0 Å². The molecule has 2 heterocycles. The van der Waals surface area contributed by atoms with Crippen LogP contribution < -0.4 is 4.74 Å². The number of piperidine rings is 1. The van der Waals surface area contributed by atoms with Gasteiger partial charge in [0.15, 0.2) is 0 Å². The monoisotopic (exact) mass is 283 g/mol. The van der Waals surface area contributed by atoms with Gasteiger partial charge in [-0.15, -0.1) is 0 Å². The van der Waals surface area contributed by atoms with Crippen molar-refractivity contribution in [1.82, 2.24) is 4.90 Å². The van der Waals surface area contributed by atoms with Crippen LogP contribution in [0.5, 0.6) is 5.75 Å². The smallest absolute Gasteiger partial charge is 0.387 e. The standard InChI is InChI=1S/C15H19F2NO2/c1-18-10-6-7-11(18)9-15(19,8-10)12-4-2-3-5-13(12)20-14(16)17/h2-5,10-11,14,19H,6-9H2,1H3. The third-order valence-corrected chi connectivity index (χ3v) is 4.74. The van der Waals surface area contributed by atoms with Crippen LogP contribution in [-0.2, 0) is 5.60 Å². The summed E-state index contributed by atoms with van der Waals surface area (Å²) in [5.41, 5.74) is -0.575. The zero-order valence-corrected chi connectivity index (χ0v) is 11.4. The molecule has 3 nitrogen and oxygen atoms in total. The van der Waals surface area contributed by atoms with E-state index in [2.05, 4.69) is 16.7 Å². The van der Waals surface area contributed by atoms with Gasteiger partial charge in [0.05, 0.1) is 5.60 Å². The van der Waals surface area contributed by atoms with Crippen LogP contribution in [0.4, 0.5) is 8.78 Å².